The first kappa shape index (κ1) is 14.4. The van der Waals surface area contributed by atoms with Gasteiger partial charge < -0.3 is 14.8 Å². The number of ether oxygens (including phenoxy) is 2. The molecule has 1 amide bonds. The zero-order chi connectivity index (χ0) is 11.4. The molecule has 0 aromatic heterocycles. The van der Waals surface area contributed by atoms with E-state index in [1.165, 1.54) is 6.92 Å². The Morgan fingerprint density at radius 2 is 1.80 bits per heavy atom. The molecule has 0 radical (unpaired) electrons. The van der Waals surface area contributed by atoms with Crippen LogP contribution in [0.15, 0.2) is 0 Å². The van der Waals surface area contributed by atoms with Crippen LogP contribution in [0.4, 0.5) is 0 Å². The van der Waals surface area contributed by atoms with Gasteiger partial charge in [0, 0.05) is 26.7 Å². The molecule has 0 unspecified atom stereocenters. The van der Waals surface area contributed by atoms with E-state index in [0.29, 0.717) is 13.2 Å². The minimum absolute atomic E-state index is 0.0444. The fraction of sp³-hybridized carbons (Fsp3) is 0.909. The Hall–Kier alpha value is -0.610. The Labute approximate surface area is 92.3 Å². The van der Waals surface area contributed by atoms with Crippen LogP contribution in [-0.2, 0) is 14.3 Å². The first-order chi connectivity index (χ1) is 7.27. The number of rotatable bonds is 10. The van der Waals surface area contributed by atoms with Gasteiger partial charge in [-0.05, 0) is 26.2 Å². The van der Waals surface area contributed by atoms with Crippen molar-refractivity contribution in [3.8, 4) is 0 Å². The summed E-state index contributed by atoms with van der Waals surface area (Å²) in [5, 5.41) is 2.76. The standard InChI is InChI=1S/C11H23NO3/c1-3-14-9-10-15-8-6-4-5-7-12-11(2)13/h3-10H2,1-2H3,(H,12,13). The molecular formula is C11H23NO3. The second-order valence-corrected chi connectivity index (χ2v) is 3.35. The summed E-state index contributed by atoms with van der Waals surface area (Å²) in [6.07, 6.45) is 3.16. The van der Waals surface area contributed by atoms with Crippen LogP contribution in [0.25, 0.3) is 0 Å². The first-order valence-electron chi connectivity index (χ1n) is 5.67. The van der Waals surface area contributed by atoms with Crippen molar-refractivity contribution in [2.45, 2.75) is 33.1 Å². The topological polar surface area (TPSA) is 47.6 Å². The average molecular weight is 217 g/mol. The molecule has 0 fully saturated rings. The number of hydrogen-bond donors (Lipinski definition) is 1. The SMILES string of the molecule is CCOCCOCCCCCNC(C)=O. The van der Waals surface area contributed by atoms with Crippen LogP contribution in [-0.4, -0.2) is 38.9 Å². The maximum Gasteiger partial charge on any atom is 0.216 e. The molecule has 4 nitrogen and oxygen atoms in total. The molecule has 0 heterocycles. The van der Waals surface area contributed by atoms with Gasteiger partial charge in [-0.3, -0.25) is 4.79 Å². The van der Waals surface area contributed by atoms with Gasteiger partial charge >= 0.3 is 0 Å². The van der Waals surface area contributed by atoms with Crippen LogP contribution in [0.3, 0.4) is 0 Å². The number of amides is 1. The van der Waals surface area contributed by atoms with E-state index in [4.69, 9.17) is 9.47 Å². The molecule has 90 valence electrons. The molecule has 0 saturated heterocycles. The molecule has 0 rings (SSSR count). The summed E-state index contributed by atoms with van der Waals surface area (Å²) in [5.74, 6) is 0.0444. The maximum absolute atomic E-state index is 10.5. The molecule has 0 aliphatic rings. The summed E-state index contributed by atoms with van der Waals surface area (Å²) in [7, 11) is 0. The zero-order valence-electron chi connectivity index (χ0n) is 9.88. The lowest BCUT2D eigenvalue weighted by molar-refractivity contribution is -0.118. The Kier molecular flexibility index (Phi) is 11.0. The normalized spacial score (nSPS) is 10.3. The summed E-state index contributed by atoms with van der Waals surface area (Å²) in [4.78, 5) is 10.5. The van der Waals surface area contributed by atoms with Gasteiger partial charge in [0.15, 0.2) is 0 Å². The number of hydrogen-bond acceptors (Lipinski definition) is 3. The highest BCUT2D eigenvalue weighted by molar-refractivity contribution is 5.72. The predicted molar refractivity (Wildman–Crippen MR) is 59.8 cm³/mol. The minimum atomic E-state index is 0.0444. The molecule has 0 aromatic rings. The van der Waals surface area contributed by atoms with Gasteiger partial charge in [-0.15, -0.1) is 0 Å². The molecule has 1 N–H and O–H groups in total. The smallest absolute Gasteiger partial charge is 0.216 e. The van der Waals surface area contributed by atoms with E-state index in [1.54, 1.807) is 0 Å². The lowest BCUT2D eigenvalue weighted by atomic mass is 10.2. The average Bonchev–Trinajstić information content (AvgIpc) is 2.20. The molecule has 0 bridgehead atoms. The largest absolute Gasteiger partial charge is 0.379 e. The van der Waals surface area contributed by atoms with Gasteiger partial charge in [0.2, 0.25) is 5.91 Å². The Balaban J connectivity index is 2.89. The van der Waals surface area contributed by atoms with E-state index in [2.05, 4.69) is 5.32 Å². The third kappa shape index (κ3) is 13.4. The molecule has 0 atom stereocenters. The van der Waals surface area contributed by atoms with Gasteiger partial charge in [-0.1, -0.05) is 0 Å². The highest BCUT2D eigenvalue weighted by atomic mass is 16.5. The summed E-state index contributed by atoms with van der Waals surface area (Å²) in [6, 6.07) is 0. The maximum atomic E-state index is 10.5. The van der Waals surface area contributed by atoms with Crippen molar-refractivity contribution < 1.29 is 14.3 Å². The second-order valence-electron chi connectivity index (χ2n) is 3.35. The van der Waals surface area contributed by atoms with Gasteiger partial charge in [-0.2, -0.15) is 0 Å². The first-order valence-corrected chi connectivity index (χ1v) is 5.67. The zero-order valence-corrected chi connectivity index (χ0v) is 9.88. The van der Waals surface area contributed by atoms with Gasteiger partial charge in [-0.25, -0.2) is 0 Å². The van der Waals surface area contributed by atoms with E-state index in [0.717, 1.165) is 39.0 Å². The van der Waals surface area contributed by atoms with Crippen LogP contribution in [0.5, 0.6) is 0 Å². The van der Waals surface area contributed by atoms with Crippen molar-refractivity contribution in [2.75, 3.05) is 33.0 Å². The minimum Gasteiger partial charge on any atom is -0.379 e. The molecule has 4 heteroatoms. The third-order valence-electron chi connectivity index (χ3n) is 1.92. The van der Waals surface area contributed by atoms with Gasteiger partial charge in [0.1, 0.15) is 0 Å². The van der Waals surface area contributed by atoms with Gasteiger partial charge in [0.05, 0.1) is 13.2 Å². The summed E-state index contributed by atoms with van der Waals surface area (Å²) in [6.45, 7) is 7.18. The lowest BCUT2D eigenvalue weighted by Crippen LogP contribution is -2.20. The van der Waals surface area contributed by atoms with Crippen molar-refractivity contribution in [3.05, 3.63) is 0 Å². The van der Waals surface area contributed by atoms with Crippen molar-refractivity contribution in [2.24, 2.45) is 0 Å². The number of unbranched alkanes of at least 4 members (excludes halogenated alkanes) is 2. The summed E-state index contributed by atoms with van der Waals surface area (Å²) >= 11 is 0. The number of nitrogens with one attached hydrogen (secondary N) is 1. The molecular weight excluding hydrogens is 194 g/mol. The number of carbonyl (C=O) groups is 1. The highest BCUT2D eigenvalue weighted by Crippen LogP contribution is 1.94. The van der Waals surface area contributed by atoms with E-state index in [1.807, 2.05) is 6.92 Å². The van der Waals surface area contributed by atoms with Crippen molar-refractivity contribution in [1.29, 1.82) is 0 Å². The second kappa shape index (κ2) is 11.5. The van der Waals surface area contributed by atoms with Crippen LogP contribution in [0.1, 0.15) is 33.1 Å². The van der Waals surface area contributed by atoms with E-state index in [9.17, 15) is 4.79 Å². The van der Waals surface area contributed by atoms with Crippen LogP contribution in [0.2, 0.25) is 0 Å². The predicted octanol–water partition coefficient (Wildman–Crippen LogP) is 1.35. The van der Waals surface area contributed by atoms with Gasteiger partial charge in [0.25, 0.3) is 0 Å². The molecule has 0 aromatic carbocycles. The Morgan fingerprint density at radius 1 is 1.07 bits per heavy atom. The van der Waals surface area contributed by atoms with Crippen LogP contribution >= 0.6 is 0 Å². The highest BCUT2D eigenvalue weighted by Gasteiger charge is 1.92. The Bertz CT molecular complexity index is 151. The molecule has 0 aliphatic heterocycles. The van der Waals surface area contributed by atoms with Crippen molar-refractivity contribution >= 4 is 5.91 Å². The van der Waals surface area contributed by atoms with Crippen LogP contribution < -0.4 is 5.32 Å². The van der Waals surface area contributed by atoms with Crippen molar-refractivity contribution in [1.82, 2.24) is 5.32 Å². The van der Waals surface area contributed by atoms with Crippen LogP contribution in [0, 0.1) is 0 Å². The number of carbonyl (C=O) groups excluding carboxylic acids is 1. The molecule has 15 heavy (non-hydrogen) atoms. The monoisotopic (exact) mass is 217 g/mol. The molecule has 0 saturated carbocycles. The van der Waals surface area contributed by atoms with E-state index >= 15 is 0 Å². The quantitative estimate of drug-likeness (QED) is 0.562. The summed E-state index contributed by atoms with van der Waals surface area (Å²) in [5.41, 5.74) is 0. The van der Waals surface area contributed by atoms with E-state index < -0.39 is 0 Å². The third-order valence-corrected chi connectivity index (χ3v) is 1.92. The van der Waals surface area contributed by atoms with Crippen molar-refractivity contribution in [3.63, 3.8) is 0 Å². The fourth-order valence-electron chi connectivity index (χ4n) is 1.13. The molecule has 0 spiro atoms. The fourth-order valence-corrected chi connectivity index (χ4v) is 1.13. The van der Waals surface area contributed by atoms with E-state index in [-0.39, 0.29) is 5.91 Å². The molecule has 0 aliphatic carbocycles. The summed E-state index contributed by atoms with van der Waals surface area (Å²) < 4.78 is 10.5. The lowest BCUT2D eigenvalue weighted by Gasteiger charge is -2.04. The Morgan fingerprint density at radius 3 is 2.47 bits per heavy atom.